The van der Waals surface area contributed by atoms with Crippen molar-refractivity contribution in [3.63, 3.8) is 0 Å². The lowest BCUT2D eigenvalue weighted by molar-refractivity contribution is -0.128. The van der Waals surface area contributed by atoms with Gasteiger partial charge in [0.15, 0.2) is 0 Å². The summed E-state index contributed by atoms with van der Waals surface area (Å²) in [6, 6.07) is 2.06. The van der Waals surface area contributed by atoms with Gasteiger partial charge in [-0.3, -0.25) is 4.79 Å². The first kappa shape index (κ1) is 13.0. The van der Waals surface area contributed by atoms with Crippen molar-refractivity contribution in [2.75, 3.05) is 13.2 Å². The van der Waals surface area contributed by atoms with E-state index >= 15 is 0 Å². The highest BCUT2D eigenvalue weighted by atomic mass is 16.5. The fraction of sp³-hybridized carbons (Fsp3) is 0.833. The van der Waals surface area contributed by atoms with Gasteiger partial charge in [-0.05, 0) is 25.7 Å². The van der Waals surface area contributed by atoms with Crippen molar-refractivity contribution in [3.05, 3.63) is 0 Å². The van der Waals surface area contributed by atoms with Gasteiger partial charge in [-0.15, -0.1) is 0 Å². The molecule has 2 unspecified atom stereocenters. The molecule has 2 atom stereocenters. The first-order chi connectivity index (χ1) is 7.48. The molecule has 1 heterocycles. The largest absolute Gasteiger partial charge is 0.379 e. The third kappa shape index (κ3) is 3.21. The number of rotatable bonds is 3. The maximum atomic E-state index is 11.9. The van der Waals surface area contributed by atoms with Gasteiger partial charge in [0.2, 0.25) is 5.91 Å². The number of hydrogen-bond donors (Lipinski definition) is 1. The molecule has 0 aromatic carbocycles. The van der Waals surface area contributed by atoms with Gasteiger partial charge >= 0.3 is 0 Å². The Morgan fingerprint density at radius 2 is 2.25 bits per heavy atom. The summed E-state index contributed by atoms with van der Waals surface area (Å²) >= 11 is 0. The van der Waals surface area contributed by atoms with Gasteiger partial charge in [0.25, 0.3) is 0 Å². The summed E-state index contributed by atoms with van der Waals surface area (Å²) in [5, 5.41) is 11.9. The van der Waals surface area contributed by atoms with E-state index in [9.17, 15) is 4.79 Å². The fourth-order valence-electron chi connectivity index (χ4n) is 1.92. The van der Waals surface area contributed by atoms with Crippen LogP contribution in [0.2, 0.25) is 0 Å². The van der Waals surface area contributed by atoms with Crippen LogP contribution in [-0.4, -0.2) is 24.7 Å². The average Bonchev–Trinajstić information content (AvgIpc) is 2.18. The molecule has 1 aliphatic heterocycles. The van der Waals surface area contributed by atoms with E-state index in [0.717, 1.165) is 19.4 Å². The number of nitrogens with zero attached hydrogens (tertiary/aromatic N) is 1. The molecule has 4 nitrogen and oxygen atoms in total. The molecule has 0 aromatic heterocycles. The van der Waals surface area contributed by atoms with Gasteiger partial charge in [-0.2, -0.15) is 5.26 Å². The van der Waals surface area contributed by atoms with Gasteiger partial charge in [0.05, 0.1) is 18.2 Å². The van der Waals surface area contributed by atoms with Crippen molar-refractivity contribution in [3.8, 4) is 6.07 Å². The van der Waals surface area contributed by atoms with E-state index < -0.39 is 5.92 Å². The van der Waals surface area contributed by atoms with Gasteiger partial charge in [-0.25, -0.2) is 0 Å². The van der Waals surface area contributed by atoms with E-state index in [4.69, 9.17) is 10.00 Å². The zero-order valence-electron chi connectivity index (χ0n) is 10.2. The minimum atomic E-state index is -0.571. The summed E-state index contributed by atoms with van der Waals surface area (Å²) < 4.78 is 5.36. The highest BCUT2D eigenvalue weighted by molar-refractivity contribution is 5.82. The lowest BCUT2D eigenvalue weighted by Crippen LogP contribution is -2.53. The third-order valence-corrected chi connectivity index (χ3v) is 2.95. The maximum absolute atomic E-state index is 11.9. The average molecular weight is 224 g/mol. The van der Waals surface area contributed by atoms with Crippen LogP contribution in [-0.2, 0) is 9.53 Å². The van der Waals surface area contributed by atoms with Crippen LogP contribution in [0.1, 0.15) is 33.6 Å². The molecule has 1 rings (SSSR count). The Morgan fingerprint density at radius 1 is 1.56 bits per heavy atom. The van der Waals surface area contributed by atoms with E-state index in [0.29, 0.717) is 6.61 Å². The SMILES string of the molecule is CC(C)C(C#N)C(=O)NC1(C)CCCOC1. The van der Waals surface area contributed by atoms with Gasteiger partial charge < -0.3 is 10.1 Å². The Bertz CT molecular complexity index is 288. The second kappa shape index (κ2) is 5.31. The fourth-order valence-corrected chi connectivity index (χ4v) is 1.92. The van der Waals surface area contributed by atoms with Crippen LogP contribution in [0, 0.1) is 23.2 Å². The first-order valence-electron chi connectivity index (χ1n) is 5.78. The van der Waals surface area contributed by atoms with Crippen LogP contribution in [0.25, 0.3) is 0 Å². The summed E-state index contributed by atoms with van der Waals surface area (Å²) in [6.45, 7) is 7.03. The molecule has 0 aliphatic carbocycles. The molecular weight excluding hydrogens is 204 g/mol. The Balaban J connectivity index is 2.59. The quantitative estimate of drug-likeness (QED) is 0.789. The molecule has 1 aliphatic rings. The van der Waals surface area contributed by atoms with Crippen LogP contribution in [0.4, 0.5) is 0 Å². The minimum absolute atomic E-state index is 0.0399. The predicted octanol–water partition coefficient (Wildman–Crippen LogP) is 1.47. The van der Waals surface area contributed by atoms with Crippen molar-refractivity contribution >= 4 is 5.91 Å². The zero-order chi connectivity index (χ0) is 12.2. The Morgan fingerprint density at radius 3 is 2.69 bits per heavy atom. The molecule has 1 N–H and O–H groups in total. The smallest absolute Gasteiger partial charge is 0.238 e. The van der Waals surface area contributed by atoms with Crippen molar-refractivity contribution in [2.45, 2.75) is 39.2 Å². The summed E-state index contributed by atoms with van der Waals surface area (Å²) in [6.07, 6.45) is 1.87. The number of amides is 1. The lowest BCUT2D eigenvalue weighted by Gasteiger charge is -2.35. The van der Waals surface area contributed by atoms with E-state index in [2.05, 4.69) is 11.4 Å². The standard InChI is InChI=1S/C12H20N2O2/c1-9(2)10(7-13)11(15)14-12(3)5-4-6-16-8-12/h9-10H,4-6,8H2,1-3H3,(H,14,15). The molecule has 0 bridgehead atoms. The molecule has 1 amide bonds. The molecule has 0 radical (unpaired) electrons. The van der Waals surface area contributed by atoms with Crippen LogP contribution in [0.15, 0.2) is 0 Å². The first-order valence-corrected chi connectivity index (χ1v) is 5.78. The number of ether oxygens (including phenoxy) is 1. The van der Waals surface area contributed by atoms with E-state index in [1.807, 2.05) is 20.8 Å². The monoisotopic (exact) mass is 224 g/mol. The van der Waals surface area contributed by atoms with E-state index in [-0.39, 0.29) is 17.4 Å². The zero-order valence-corrected chi connectivity index (χ0v) is 10.2. The summed E-state index contributed by atoms with van der Waals surface area (Å²) in [5.74, 6) is -0.706. The predicted molar refractivity (Wildman–Crippen MR) is 60.5 cm³/mol. The second-order valence-electron chi connectivity index (χ2n) is 5.06. The van der Waals surface area contributed by atoms with Gasteiger partial charge in [0, 0.05) is 6.61 Å². The topological polar surface area (TPSA) is 62.1 Å². The van der Waals surface area contributed by atoms with Crippen molar-refractivity contribution < 1.29 is 9.53 Å². The van der Waals surface area contributed by atoms with E-state index in [1.165, 1.54) is 0 Å². The van der Waals surface area contributed by atoms with Gasteiger partial charge in [0.1, 0.15) is 5.92 Å². The van der Waals surface area contributed by atoms with Gasteiger partial charge in [-0.1, -0.05) is 13.8 Å². The van der Waals surface area contributed by atoms with Crippen LogP contribution < -0.4 is 5.32 Å². The molecular formula is C12H20N2O2. The normalized spacial score (nSPS) is 27.2. The molecule has 16 heavy (non-hydrogen) atoms. The third-order valence-electron chi connectivity index (χ3n) is 2.95. The molecule has 0 saturated carbocycles. The van der Waals surface area contributed by atoms with Crippen LogP contribution in [0.5, 0.6) is 0 Å². The molecule has 1 fully saturated rings. The number of carbonyl (C=O) groups is 1. The van der Waals surface area contributed by atoms with Crippen LogP contribution in [0.3, 0.4) is 0 Å². The summed E-state index contributed by atoms with van der Waals surface area (Å²) in [4.78, 5) is 11.9. The Hall–Kier alpha value is -1.08. The number of carbonyl (C=O) groups excluding carboxylic acids is 1. The number of nitrogens with one attached hydrogen (secondary N) is 1. The molecule has 0 spiro atoms. The van der Waals surface area contributed by atoms with Crippen molar-refractivity contribution in [1.29, 1.82) is 5.26 Å². The summed E-state index contributed by atoms with van der Waals surface area (Å²) in [7, 11) is 0. The molecule has 90 valence electrons. The van der Waals surface area contributed by atoms with Crippen molar-refractivity contribution in [2.24, 2.45) is 11.8 Å². The molecule has 4 heteroatoms. The second-order valence-corrected chi connectivity index (χ2v) is 5.06. The number of nitriles is 1. The Labute approximate surface area is 97.0 Å². The molecule has 1 saturated heterocycles. The van der Waals surface area contributed by atoms with Crippen LogP contribution >= 0.6 is 0 Å². The molecule has 0 aromatic rings. The maximum Gasteiger partial charge on any atom is 0.238 e. The summed E-state index contributed by atoms with van der Waals surface area (Å²) in [5.41, 5.74) is -0.306. The highest BCUT2D eigenvalue weighted by Crippen LogP contribution is 2.20. The van der Waals surface area contributed by atoms with E-state index in [1.54, 1.807) is 0 Å². The highest BCUT2D eigenvalue weighted by Gasteiger charge is 2.32. The minimum Gasteiger partial charge on any atom is -0.379 e. The lowest BCUT2D eigenvalue weighted by atomic mass is 9.91. The van der Waals surface area contributed by atoms with Crippen molar-refractivity contribution in [1.82, 2.24) is 5.32 Å². The Kier molecular flexibility index (Phi) is 4.31. The number of hydrogen-bond acceptors (Lipinski definition) is 3.